The number of aromatic nitrogens is 2. The monoisotopic (exact) mass is 187 g/mol. The molecule has 3 heteroatoms. The van der Waals surface area contributed by atoms with Crippen molar-refractivity contribution in [2.24, 2.45) is 0 Å². The van der Waals surface area contributed by atoms with Gasteiger partial charge in [-0.25, -0.2) is 0 Å². The number of allylic oxidation sites excluding steroid dienone is 1. The molecule has 0 amide bonds. The number of hydrogen-bond acceptors (Lipinski definition) is 2. The first kappa shape index (κ1) is 8.81. The van der Waals surface area contributed by atoms with Gasteiger partial charge in [-0.1, -0.05) is 12.2 Å². The third-order valence-corrected chi connectivity index (χ3v) is 2.09. The van der Waals surface area contributed by atoms with Gasteiger partial charge in [-0.15, -0.1) is 0 Å². The summed E-state index contributed by atoms with van der Waals surface area (Å²) >= 11 is 0. The molecule has 2 N–H and O–H groups in total. The zero-order valence-electron chi connectivity index (χ0n) is 8.20. The second-order valence-corrected chi connectivity index (χ2v) is 3.58. The summed E-state index contributed by atoms with van der Waals surface area (Å²) in [5.74, 6) is 0. The number of nitrogens with zero attached hydrogens (tertiary/aromatic N) is 2. The summed E-state index contributed by atoms with van der Waals surface area (Å²) in [6, 6.07) is 5.80. The number of hydrogen-bond donors (Lipinski definition) is 1. The molecule has 14 heavy (non-hydrogen) atoms. The summed E-state index contributed by atoms with van der Waals surface area (Å²) in [7, 11) is 0. The lowest BCUT2D eigenvalue weighted by atomic mass is 10.2. The molecule has 3 nitrogen and oxygen atoms in total. The molecule has 0 atom stereocenters. The molecule has 0 saturated carbocycles. The number of anilines is 1. The summed E-state index contributed by atoms with van der Waals surface area (Å²) in [4.78, 5) is 0. The molecule has 2 rings (SSSR count). The van der Waals surface area contributed by atoms with Crippen LogP contribution in [-0.4, -0.2) is 9.78 Å². The van der Waals surface area contributed by atoms with Crippen LogP contribution in [0.25, 0.3) is 10.9 Å². The molecule has 0 spiro atoms. The maximum Gasteiger partial charge on any atom is 0.0706 e. The molecule has 1 aromatic carbocycles. The molecule has 1 aromatic heterocycles. The van der Waals surface area contributed by atoms with E-state index in [0.717, 1.165) is 28.7 Å². The summed E-state index contributed by atoms with van der Waals surface area (Å²) < 4.78 is 1.91. The van der Waals surface area contributed by atoms with E-state index in [1.165, 1.54) is 0 Å². The van der Waals surface area contributed by atoms with Crippen LogP contribution in [-0.2, 0) is 6.54 Å². The molecule has 0 fully saturated rings. The van der Waals surface area contributed by atoms with Crippen LogP contribution in [0.1, 0.15) is 6.92 Å². The van der Waals surface area contributed by atoms with E-state index >= 15 is 0 Å². The van der Waals surface area contributed by atoms with Crippen LogP contribution in [0.4, 0.5) is 5.69 Å². The molecule has 2 aromatic rings. The average molecular weight is 187 g/mol. The largest absolute Gasteiger partial charge is 0.399 e. The van der Waals surface area contributed by atoms with E-state index in [2.05, 4.69) is 11.7 Å². The number of rotatable bonds is 2. The summed E-state index contributed by atoms with van der Waals surface area (Å²) in [6.07, 6.45) is 1.84. The Balaban J connectivity index is 2.55. The molecule has 0 bridgehead atoms. The Labute approximate surface area is 82.8 Å². The normalized spacial score (nSPS) is 10.6. The molecule has 0 unspecified atom stereocenters. The van der Waals surface area contributed by atoms with Crippen LogP contribution in [0.15, 0.2) is 36.5 Å². The molecule has 72 valence electrons. The lowest BCUT2D eigenvalue weighted by molar-refractivity contribution is 0.703. The van der Waals surface area contributed by atoms with Gasteiger partial charge in [-0.3, -0.25) is 4.68 Å². The van der Waals surface area contributed by atoms with Crippen molar-refractivity contribution in [3.05, 3.63) is 36.5 Å². The van der Waals surface area contributed by atoms with Crippen LogP contribution >= 0.6 is 0 Å². The maximum absolute atomic E-state index is 5.72. The van der Waals surface area contributed by atoms with Crippen molar-refractivity contribution in [2.45, 2.75) is 13.5 Å². The minimum absolute atomic E-state index is 0.743. The Bertz CT molecular complexity index is 482. The lowest BCUT2D eigenvalue weighted by Crippen LogP contribution is -2.00. The minimum Gasteiger partial charge on any atom is -0.399 e. The number of nitrogen functional groups attached to an aromatic ring is 1. The molecular formula is C11H13N3. The molecule has 0 radical (unpaired) electrons. The first-order chi connectivity index (χ1) is 6.66. The van der Waals surface area contributed by atoms with Crippen LogP contribution in [0.3, 0.4) is 0 Å². The van der Waals surface area contributed by atoms with Gasteiger partial charge in [0.25, 0.3) is 0 Å². The smallest absolute Gasteiger partial charge is 0.0706 e. The zero-order valence-corrected chi connectivity index (χ0v) is 8.20. The van der Waals surface area contributed by atoms with Crippen molar-refractivity contribution in [1.82, 2.24) is 9.78 Å². The summed E-state index contributed by atoms with van der Waals surface area (Å²) in [5, 5.41) is 5.39. The summed E-state index contributed by atoms with van der Waals surface area (Å²) in [6.45, 7) is 6.60. The third-order valence-electron chi connectivity index (χ3n) is 2.09. The van der Waals surface area contributed by atoms with Gasteiger partial charge in [0.1, 0.15) is 0 Å². The predicted octanol–water partition coefficient (Wildman–Crippen LogP) is 2.19. The Morgan fingerprint density at radius 2 is 2.36 bits per heavy atom. The van der Waals surface area contributed by atoms with Crippen LogP contribution in [0, 0.1) is 0 Å². The molecule has 1 heterocycles. The van der Waals surface area contributed by atoms with Gasteiger partial charge in [-0.2, -0.15) is 5.10 Å². The highest BCUT2D eigenvalue weighted by Crippen LogP contribution is 2.17. The number of fused-ring (bicyclic) bond motifs is 1. The maximum atomic E-state index is 5.72. The van der Waals surface area contributed by atoms with E-state index in [4.69, 9.17) is 5.73 Å². The summed E-state index contributed by atoms with van der Waals surface area (Å²) in [5.41, 5.74) is 8.63. The second-order valence-electron chi connectivity index (χ2n) is 3.58. The molecule has 0 aliphatic carbocycles. The fourth-order valence-electron chi connectivity index (χ4n) is 1.47. The SMILES string of the molecule is C=C(C)Cn1ncc2ccc(N)cc21. The van der Waals surface area contributed by atoms with Crippen molar-refractivity contribution in [2.75, 3.05) is 5.73 Å². The predicted molar refractivity (Wildman–Crippen MR) is 59.0 cm³/mol. The van der Waals surface area contributed by atoms with Crippen LogP contribution in [0.5, 0.6) is 0 Å². The van der Waals surface area contributed by atoms with Crippen molar-refractivity contribution in [3.63, 3.8) is 0 Å². The number of benzene rings is 1. The van der Waals surface area contributed by atoms with Gasteiger partial charge < -0.3 is 5.73 Å². The second kappa shape index (κ2) is 3.18. The van der Waals surface area contributed by atoms with Crippen molar-refractivity contribution < 1.29 is 0 Å². The van der Waals surface area contributed by atoms with Crippen molar-refractivity contribution >= 4 is 16.6 Å². The fraction of sp³-hybridized carbons (Fsp3) is 0.182. The zero-order chi connectivity index (χ0) is 10.1. The van der Waals surface area contributed by atoms with Gasteiger partial charge in [0.2, 0.25) is 0 Å². The van der Waals surface area contributed by atoms with E-state index < -0.39 is 0 Å². The lowest BCUT2D eigenvalue weighted by Gasteiger charge is -2.02. The van der Waals surface area contributed by atoms with Gasteiger partial charge in [-0.05, 0) is 25.1 Å². The average Bonchev–Trinajstić information content (AvgIpc) is 2.47. The van der Waals surface area contributed by atoms with Gasteiger partial charge in [0.15, 0.2) is 0 Å². The molecule has 0 saturated heterocycles. The van der Waals surface area contributed by atoms with E-state index in [0.29, 0.717) is 0 Å². The quantitative estimate of drug-likeness (QED) is 0.578. The van der Waals surface area contributed by atoms with Gasteiger partial charge >= 0.3 is 0 Å². The Morgan fingerprint density at radius 1 is 1.57 bits per heavy atom. The van der Waals surface area contributed by atoms with Crippen LogP contribution in [0.2, 0.25) is 0 Å². The van der Waals surface area contributed by atoms with Crippen molar-refractivity contribution in [3.8, 4) is 0 Å². The minimum atomic E-state index is 0.743. The highest BCUT2D eigenvalue weighted by Gasteiger charge is 2.02. The highest BCUT2D eigenvalue weighted by molar-refractivity contribution is 5.81. The standard InChI is InChI=1S/C11H13N3/c1-8(2)7-14-11-5-10(12)4-3-9(11)6-13-14/h3-6H,1,7,12H2,2H3. The van der Waals surface area contributed by atoms with Gasteiger partial charge in [0, 0.05) is 11.1 Å². The van der Waals surface area contributed by atoms with E-state index in [1.807, 2.05) is 36.0 Å². The van der Waals surface area contributed by atoms with Gasteiger partial charge in [0.05, 0.1) is 18.3 Å². The molecular weight excluding hydrogens is 174 g/mol. The molecule has 0 aliphatic rings. The first-order valence-corrected chi connectivity index (χ1v) is 4.52. The number of nitrogens with two attached hydrogens (primary N) is 1. The van der Waals surface area contributed by atoms with Crippen molar-refractivity contribution in [1.29, 1.82) is 0 Å². The van der Waals surface area contributed by atoms with E-state index in [-0.39, 0.29) is 0 Å². The topological polar surface area (TPSA) is 43.8 Å². The molecule has 0 aliphatic heterocycles. The Kier molecular flexibility index (Phi) is 2.00. The highest BCUT2D eigenvalue weighted by atomic mass is 15.3. The first-order valence-electron chi connectivity index (χ1n) is 4.52. The third kappa shape index (κ3) is 1.48. The Morgan fingerprint density at radius 3 is 3.07 bits per heavy atom. The van der Waals surface area contributed by atoms with Crippen LogP contribution < -0.4 is 5.73 Å². The van der Waals surface area contributed by atoms with E-state index in [1.54, 1.807) is 0 Å². The van der Waals surface area contributed by atoms with E-state index in [9.17, 15) is 0 Å². The fourth-order valence-corrected chi connectivity index (χ4v) is 1.47. The Hall–Kier alpha value is -1.77.